The van der Waals surface area contributed by atoms with Crippen LogP contribution in [0.1, 0.15) is 46.9 Å². The fraction of sp³-hybridized carbons (Fsp3) is 0.364. The van der Waals surface area contributed by atoms with Crippen LogP contribution in [0.5, 0.6) is 5.75 Å². The van der Waals surface area contributed by atoms with E-state index in [1.165, 1.54) is 11.1 Å². The fourth-order valence-electron chi connectivity index (χ4n) is 5.65. The summed E-state index contributed by atoms with van der Waals surface area (Å²) in [7, 11) is 0. The highest BCUT2D eigenvalue weighted by Gasteiger charge is 2.21. The van der Waals surface area contributed by atoms with Gasteiger partial charge in [-0.15, -0.1) is 0 Å². The molecule has 1 saturated heterocycles. The normalized spacial score (nSPS) is 15.5. The maximum atomic E-state index is 12.6. The van der Waals surface area contributed by atoms with Crippen LogP contribution in [0.2, 0.25) is 0 Å². The number of aryl methyl sites for hydroxylation is 1. The number of aromatic nitrogens is 1. The zero-order valence-corrected chi connectivity index (χ0v) is 23.2. The molecule has 1 fully saturated rings. The van der Waals surface area contributed by atoms with E-state index >= 15 is 0 Å². The van der Waals surface area contributed by atoms with Crippen LogP contribution >= 0.6 is 0 Å². The topological polar surface area (TPSA) is 66.7 Å². The van der Waals surface area contributed by atoms with Gasteiger partial charge in [0.25, 0.3) is 0 Å². The van der Waals surface area contributed by atoms with Crippen LogP contribution in [0.3, 0.4) is 0 Å². The number of piperidine rings is 1. The van der Waals surface area contributed by atoms with E-state index in [4.69, 9.17) is 4.74 Å². The summed E-state index contributed by atoms with van der Waals surface area (Å²) in [6.07, 6.45) is 1.53. The third-order valence-corrected chi connectivity index (χ3v) is 7.74. The van der Waals surface area contributed by atoms with Crippen LogP contribution in [0.25, 0.3) is 16.6 Å². The lowest BCUT2D eigenvalue weighted by Gasteiger charge is -2.33. The fourth-order valence-corrected chi connectivity index (χ4v) is 5.65. The Morgan fingerprint density at radius 3 is 2.44 bits per heavy atom. The molecule has 2 heterocycles. The molecule has 1 aliphatic rings. The summed E-state index contributed by atoms with van der Waals surface area (Å²) in [4.78, 5) is 15.1. The monoisotopic (exact) mass is 525 g/mol. The average Bonchev–Trinajstić information content (AvgIpc) is 3.23. The molecule has 0 unspecified atom stereocenters. The van der Waals surface area contributed by atoms with Gasteiger partial charge in [-0.3, -0.25) is 9.69 Å². The van der Waals surface area contributed by atoms with Crippen LogP contribution < -0.4 is 10.1 Å². The number of benzene rings is 3. The van der Waals surface area contributed by atoms with Gasteiger partial charge >= 0.3 is 0 Å². The van der Waals surface area contributed by atoms with Gasteiger partial charge in [0.15, 0.2) is 5.78 Å². The van der Waals surface area contributed by atoms with Crippen molar-refractivity contribution in [2.24, 2.45) is 0 Å². The number of carbonyl (C=O) groups excluding carboxylic acids is 1. The van der Waals surface area contributed by atoms with Gasteiger partial charge in [-0.2, -0.15) is 0 Å². The molecular weight excluding hydrogens is 486 g/mol. The standard InChI is InChI=1S/C33H39N3O3/c1-23-9-11-28(12-10-23)36-24(2)33(25(3)37)31-19-30(13-14-32(31)36)39-22-29(38)20-34-27-15-17-35(18-16-27)21-26-7-5-4-6-8-26/h4-14,19,27,29,34,38H,15-18,20-22H2,1-3H3/t29-/m0/s1. The number of nitrogens with zero attached hydrogens (tertiary/aromatic N) is 2. The molecule has 1 aromatic heterocycles. The van der Waals surface area contributed by atoms with Gasteiger partial charge in [0.1, 0.15) is 18.5 Å². The Labute approximate surface area is 231 Å². The van der Waals surface area contributed by atoms with Crippen molar-refractivity contribution in [3.8, 4) is 11.4 Å². The van der Waals surface area contributed by atoms with Crippen LogP contribution in [0.15, 0.2) is 72.8 Å². The molecule has 0 spiro atoms. The maximum Gasteiger partial charge on any atom is 0.162 e. The van der Waals surface area contributed by atoms with E-state index in [9.17, 15) is 9.90 Å². The van der Waals surface area contributed by atoms with Crippen molar-refractivity contribution >= 4 is 16.7 Å². The first-order valence-electron chi connectivity index (χ1n) is 13.9. The molecule has 4 aromatic rings. The first-order valence-corrected chi connectivity index (χ1v) is 13.9. The third-order valence-electron chi connectivity index (χ3n) is 7.74. The summed E-state index contributed by atoms with van der Waals surface area (Å²) >= 11 is 0. The summed E-state index contributed by atoms with van der Waals surface area (Å²) in [5.41, 5.74) is 6.16. The first-order chi connectivity index (χ1) is 18.9. The van der Waals surface area contributed by atoms with Crippen molar-refractivity contribution < 1.29 is 14.6 Å². The Balaban J connectivity index is 1.16. The summed E-state index contributed by atoms with van der Waals surface area (Å²) in [5, 5.41) is 15.0. The Bertz CT molecular complexity index is 1400. The van der Waals surface area contributed by atoms with Crippen molar-refractivity contribution in [1.82, 2.24) is 14.8 Å². The maximum absolute atomic E-state index is 12.6. The Hall–Kier alpha value is -3.45. The van der Waals surface area contributed by atoms with Crippen LogP contribution in [-0.2, 0) is 6.54 Å². The second-order valence-corrected chi connectivity index (χ2v) is 10.8. The second kappa shape index (κ2) is 12.2. The molecule has 39 heavy (non-hydrogen) atoms. The van der Waals surface area contributed by atoms with Crippen LogP contribution in [0.4, 0.5) is 0 Å². The number of carbonyl (C=O) groups is 1. The van der Waals surface area contributed by atoms with Gasteiger partial charge in [0.2, 0.25) is 0 Å². The average molecular weight is 526 g/mol. The SMILES string of the molecule is CC(=O)c1c(C)n(-c2ccc(C)cc2)c2ccc(OC[C@@H](O)CNC3CCN(Cc4ccccc4)CC3)cc12. The summed E-state index contributed by atoms with van der Waals surface area (Å²) in [6.45, 7) is 9.45. The predicted molar refractivity (Wildman–Crippen MR) is 157 cm³/mol. The number of fused-ring (bicyclic) bond motifs is 1. The van der Waals surface area contributed by atoms with Crippen LogP contribution in [0, 0.1) is 13.8 Å². The molecular formula is C33H39N3O3. The molecule has 1 aliphatic heterocycles. The highest BCUT2D eigenvalue weighted by molar-refractivity contribution is 6.09. The number of hydrogen-bond acceptors (Lipinski definition) is 5. The van der Waals surface area contributed by atoms with Crippen molar-refractivity contribution in [3.63, 3.8) is 0 Å². The van der Waals surface area contributed by atoms with Gasteiger partial charge in [-0.1, -0.05) is 48.0 Å². The zero-order chi connectivity index (χ0) is 27.4. The van der Waals surface area contributed by atoms with Gasteiger partial charge in [0.05, 0.1) is 5.52 Å². The van der Waals surface area contributed by atoms with Gasteiger partial charge in [0, 0.05) is 41.5 Å². The lowest BCUT2D eigenvalue weighted by atomic mass is 10.0. The quantitative estimate of drug-likeness (QED) is 0.270. The number of Topliss-reactive ketones (excluding diaryl/α,β-unsaturated/α-hetero) is 1. The highest BCUT2D eigenvalue weighted by Crippen LogP contribution is 2.32. The number of rotatable bonds is 10. The van der Waals surface area contributed by atoms with Crippen molar-refractivity contribution in [2.75, 3.05) is 26.2 Å². The van der Waals surface area contributed by atoms with Gasteiger partial charge in [-0.25, -0.2) is 0 Å². The molecule has 204 valence electrons. The van der Waals surface area contributed by atoms with Crippen molar-refractivity contribution in [1.29, 1.82) is 0 Å². The molecule has 2 N–H and O–H groups in total. The summed E-state index contributed by atoms with van der Waals surface area (Å²) < 4.78 is 8.11. The first kappa shape index (κ1) is 27.1. The van der Waals surface area contributed by atoms with Crippen molar-refractivity contribution in [3.05, 3.63) is 95.2 Å². The smallest absolute Gasteiger partial charge is 0.162 e. The van der Waals surface area contributed by atoms with Gasteiger partial charge < -0.3 is 19.7 Å². The molecule has 0 amide bonds. The lowest BCUT2D eigenvalue weighted by Crippen LogP contribution is -2.45. The number of hydrogen-bond donors (Lipinski definition) is 2. The molecule has 0 saturated carbocycles. The highest BCUT2D eigenvalue weighted by atomic mass is 16.5. The molecule has 0 bridgehead atoms. The number of ether oxygens (including phenoxy) is 1. The molecule has 6 nitrogen and oxygen atoms in total. The molecule has 5 rings (SSSR count). The Morgan fingerprint density at radius 1 is 1.03 bits per heavy atom. The van der Waals surface area contributed by atoms with E-state index in [0.29, 0.717) is 23.9 Å². The summed E-state index contributed by atoms with van der Waals surface area (Å²) in [6, 6.07) is 25.2. The number of aliphatic hydroxyl groups is 1. The van der Waals surface area contributed by atoms with E-state index in [1.807, 2.05) is 25.1 Å². The van der Waals surface area contributed by atoms with E-state index in [2.05, 4.69) is 76.3 Å². The Morgan fingerprint density at radius 2 is 1.74 bits per heavy atom. The largest absolute Gasteiger partial charge is 0.491 e. The van der Waals surface area contributed by atoms with Gasteiger partial charge in [-0.05, 0) is 82.6 Å². The Kier molecular flexibility index (Phi) is 8.46. The minimum atomic E-state index is -0.616. The minimum Gasteiger partial charge on any atom is -0.491 e. The number of aliphatic hydroxyl groups excluding tert-OH is 1. The molecule has 1 atom stereocenters. The minimum absolute atomic E-state index is 0.0274. The summed E-state index contributed by atoms with van der Waals surface area (Å²) in [5.74, 6) is 0.680. The molecule has 0 aliphatic carbocycles. The van der Waals surface area contributed by atoms with E-state index < -0.39 is 6.10 Å². The number of likely N-dealkylation sites (tertiary alicyclic amines) is 1. The number of nitrogens with one attached hydrogen (secondary N) is 1. The molecule has 6 heteroatoms. The number of ketones is 1. The third kappa shape index (κ3) is 6.41. The lowest BCUT2D eigenvalue weighted by molar-refractivity contribution is 0.0979. The van der Waals surface area contributed by atoms with E-state index in [-0.39, 0.29) is 12.4 Å². The van der Waals surface area contributed by atoms with E-state index in [0.717, 1.165) is 54.8 Å². The van der Waals surface area contributed by atoms with Crippen molar-refractivity contribution in [2.45, 2.75) is 52.3 Å². The zero-order valence-electron chi connectivity index (χ0n) is 23.2. The van der Waals surface area contributed by atoms with Crippen LogP contribution in [-0.4, -0.2) is 58.7 Å². The van der Waals surface area contributed by atoms with E-state index in [1.54, 1.807) is 6.92 Å². The second-order valence-electron chi connectivity index (χ2n) is 10.8. The molecule has 0 radical (unpaired) electrons. The molecule has 3 aromatic carbocycles. The predicted octanol–water partition coefficient (Wildman–Crippen LogP) is 5.44.